The zero-order valence-corrected chi connectivity index (χ0v) is 15.5. The van der Waals surface area contributed by atoms with Crippen LogP contribution in [0.5, 0.6) is 0 Å². The molecular weight excluding hydrogens is 330 g/mol. The molecule has 0 spiro atoms. The number of amides is 1. The van der Waals surface area contributed by atoms with Crippen molar-refractivity contribution in [2.45, 2.75) is 52.0 Å². The molecule has 1 atom stereocenters. The summed E-state index contributed by atoms with van der Waals surface area (Å²) in [7, 11) is 0. The summed E-state index contributed by atoms with van der Waals surface area (Å²) >= 11 is 0. The molecule has 140 valence electrons. The molecule has 1 aromatic carbocycles. The van der Waals surface area contributed by atoms with Crippen molar-refractivity contribution < 1.29 is 19.1 Å². The van der Waals surface area contributed by atoms with Gasteiger partial charge in [0.25, 0.3) is 0 Å². The Morgan fingerprint density at radius 3 is 2.46 bits per heavy atom. The van der Waals surface area contributed by atoms with E-state index in [-0.39, 0.29) is 23.8 Å². The van der Waals surface area contributed by atoms with Crippen molar-refractivity contribution in [3.63, 3.8) is 0 Å². The maximum absolute atomic E-state index is 13.1. The fourth-order valence-corrected chi connectivity index (χ4v) is 3.92. The highest BCUT2D eigenvalue weighted by Crippen LogP contribution is 2.34. The lowest BCUT2D eigenvalue weighted by atomic mass is 9.81. The normalized spacial score (nSPS) is 21.5. The highest BCUT2D eigenvalue weighted by molar-refractivity contribution is 5.81. The van der Waals surface area contributed by atoms with Gasteiger partial charge in [-0.15, -0.1) is 0 Å². The quantitative estimate of drug-likeness (QED) is 0.818. The van der Waals surface area contributed by atoms with Crippen LogP contribution in [0.2, 0.25) is 0 Å². The van der Waals surface area contributed by atoms with E-state index in [1.165, 1.54) is 0 Å². The van der Waals surface area contributed by atoms with E-state index in [1.807, 2.05) is 42.2 Å². The molecule has 3 rings (SSSR count). The lowest BCUT2D eigenvalue weighted by Crippen LogP contribution is -2.40. The molecule has 0 radical (unpaired) electrons. The number of rotatable bonds is 6. The van der Waals surface area contributed by atoms with Crippen molar-refractivity contribution in [1.82, 2.24) is 4.90 Å². The molecule has 2 aromatic rings. The number of furan rings is 1. The second-order valence-corrected chi connectivity index (χ2v) is 7.28. The van der Waals surface area contributed by atoms with E-state index in [9.17, 15) is 9.59 Å². The molecule has 1 amide bonds. The van der Waals surface area contributed by atoms with Gasteiger partial charge in [0.05, 0.1) is 12.0 Å². The molecule has 1 saturated carbocycles. The third-order valence-electron chi connectivity index (χ3n) is 5.50. The summed E-state index contributed by atoms with van der Waals surface area (Å²) in [5.41, 5.74) is 0.834. The summed E-state index contributed by atoms with van der Waals surface area (Å²) < 4.78 is 5.97. The van der Waals surface area contributed by atoms with Crippen LogP contribution in [-0.2, 0) is 9.59 Å². The maximum atomic E-state index is 13.1. The minimum Gasteiger partial charge on any atom is -0.481 e. The third-order valence-corrected chi connectivity index (χ3v) is 5.50. The molecule has 1 aliphatic carbocycles. The number of carboxylic acids is 1. The second kappa shape index (κ2) is 7.94. The Morgan fingerprint density at radius 1 is 1.19 bits per heavy atom. The fourth-order valence-electron chi connectivity index (χ4n) is 3.92. The monoisotopic (exact) mass is 357 g/mol. The second-order valence-electron chi connectivity index (χ2n) is 7.28. The lowest BCUT2D eigenvalue weighted by Gasteiger charge is -2.34. The van der Waals surface area contributed by atoms with E-state index >= 15 is 0 Å². The largest absolute Gasteiger partial charge is 0.481 e. The van der Waals surface area contributed by atoms with Gasteiger partial charge >= 0.3 is 5.97 Å². The number of benzene rings is 1. The molecule has 0 aliphatic heterocycles. The summed E-state index contributed by atoms with van der Waals surface area (Å²) in [6.07, 6.45) is 3.36. The van der Waals surface area contributed by atoms with E-state index < -0.39 is 5.97 Å². The van der Waals surface area contributed by atoms with Gasteiger partial charge in [-0.1, -0.05) is 25.1 Å². The van der Waals surface area contributed by atoms with E-state index in [4.69, 9.17) is 9.52 Å². The molecule has 1 N–H and O–H groups in total. The van der Waals surface area contributed by atoms with Crippen molar-refractivity contribution in [2.75, 3.05) is 6.54 Å². The van der Waals surface area contributed by atoms with Gasteiger partial charge in [0.15, 0.2) is 0 Å². The fraction of sp³-hybridized carbons (Fsp3) is 0.524. The van der Waals surface area contributed by atoms with Crippen LogP contribution in [0.25, 0.3) is 11.0 Å². The number of aliphatic carboxylic acids is 1. The van der Waals surface area contributed by atoms with Gasteiger partial charge in [0.1, 0.15) is 11.3 Å². The molecule has 26 heavy (non-hydrogen) atoms. The number of fused-ring (bicyclic) bond motifs is 1. The molecule has 0 saturated heterocycles. The molecule has 1 aromatic heterocycles. The van der Waals surface area contributed by atoms with E-state index in [2.05, 4.69) is 6.92 Å². The third kappa shape index (κ3) is 3.76. The van der Waals surface area contributed by atoms with Gasteiger partial charge < -0.3 is 14.4 Å². The number of carbonyl (C=O) groups is 2. The summed E-state index contributed by atoms with van der Waals surface area (Å²) in [4.78, 5) is 26.2. The van der Waals surface area contributed by atoms with Gasteiger partial charge in [-0.2, -0.15) is 0 Å². The summed E-state index contributed by atoms with van der Waals surface area (Å²) in [6, 6.07) is 9.74. The van der Waals surface area contributed by atoms with Gasteiger partial charge in [0.2, 0.25) is 5.91 Å². The standard InChI is InChI=1S/C21H27NO4/c1-3-12-22(20(23)15-8-10-16(11-9-15)21(24)25)14(2)19-13-17-6-4-5-7-18(17)26-19/h4-7,13-16H,3,8-12H2,1-2H3,(H,24,25). The van der Waals surface area contributed by atoms with Crippen molar-refractivity contribution in [2.24, 2.45) is 11.8 Å². The van der Waals surface area contributed by atoms with Gasteiger partial charge in [-0.05, 0) is 51.2 Å². The van der Waals surface area contributed by atoms with Crippen LogP contribution >= 0.6 is 0 Å². The van der Waals surface area contributed by atoms with Crippen LogP contribution in [0.3, 0.4) is 0 Å². The SMILES string of the molecule is CCCN(C(=O)C1CCC(C(=O)O)CC1)C(C)c1cc2ccccc2o1. The van der Waals surface area contributed by atoms with Crippen molar-refractivity contribution in [3.8, 4) is 0 Å². The summed E-state index contributed by atoms with van der Waals surface area (Å²) in [6.45, 7) is 4.75. The van der Waals surface area contributed by atoms with E-state index in [0.29, 0.717) is 32.2 Å². The van der Waals surface area contributed by atoms with Crippen molar-refractivity contribution in [1.29, 1.82) is 0 Å². The van der Waals surface area contributed by atoms with Crippen molar-refractivity contribution in [3.05, 3.63) is 36.1 Å². The number of carboxylic acid groups (broad SMARTS) is 1. The molecule has 1 fully saturated rings. The Bertz CT molecular complexity index is 740. The topological polar surface area (TPSA) is 70.8 Å². The zero-order chi connectivity index (χ0) is 18.7. The van der Waals surface area contributed by atoms with Gasteiger partial charge in [-0.3, -0.25) is 9.59 Å². The minimum atomic E-state index is -0.739. The highest BCUT2D eigenvalue weighted by atomic mass is 16.4. The van der Waals surface area contributed by atoms with Crippen LogP contribution in [-0.4, -0.2) is 28.4 Å². The molecule has 1 heterocycles. The Hall–Kier alpha value is -2.30. The number of hydrogen-bond acceptors (Lipinski definition) is 3. The van der Waals surface area contributed by atoms with Crippen LogP contribution in [0.15, 0.2) is 34.7 Å². The first-order chi connectivity index (χ1) is 12.5. The Morgan fingerprint density at radius 2 is 1.85 bits per heavy atom. The van der Waals surface area contributed by atoms with Gasteiger partial charge in [0, 0.05) is 17.8 Å². The average molecular weight is 357 g/mol. The number of hydrogen-bond donors (Lipinski definition) is 1. The maximum Gasteiger partial charge on any atom is 0.306 e. The Kier molecular flexibility index (Phi) is 5.64. The van der Waals surface area contributed by atoms with Crippen LogP contribution in [0.4, 0.5) is 0 Å². The van der Waals surface area contributed by atoms with Crippen LogP contribution in [0, 0.1) is 11.8 Å². The van der Waals surface area contributed by atoms with Crippen molar-refractivity contribution >= 4 is 22.8 Å². The molecule has 5 heteroatoms. The van der Waals surface area contributed by atoms with Crippen LogP contribution < -0.4 is 0 Å². The first kappa shape index (κ1) is 18.5. The van der Waals surface area contributed by atoms with E-state index in [0.717, 1.165) is 23.2 Å². The highest BCUT2D eigenvalue weighted by Gasteiger charge is 2.34. The predicted molar refractivity (Wildman–Crippen MR) is 99.7 cm³/mol. The lowest BCUT2D eigenvalue weighted by molar-refractivity contribution is -0.146. The predicted octanol–water partition coefficient (Wildman–Crippen LogP) is 4.62. The molecule has 5 nitrogen and oxygen atoms in total. The van der Waals surface area contributed by atoms with Crippen LogP contribution in [0.1, 0.15) is 57.8 Å². The Balaban J connectivity index is 1.75. The Labute approximate surface area is 154 Å². The number of nitrogens with zero attached hydrogens (tertiary/aromatic N) is 1. The minimum absolute atomic E-state index is 0.0796. The number of carbonyl (C=O) groups excluding carboxylic acids is 1. The van der Waals surface area contributed by atoms with Gasteiger partial charge in [-0.25, -0.2) is 0 Å². The van der Waals surface area contributed by atoms with E-state index in [1.54, 1.807) is 0 Å². The molecule has 0 bridgehead atoms. The molecule has 1 unspecified atom stereocenters. The molecular formula is C21H27NO4. The average Bonchev–Trinajstić information content (AvgIpc) is 3.09. The summed E-state index contributed by atoms with van der Waals surface area (Å²) in [5.74, 6) is -0.191. The zero-order valence-electron chi connectivity index (χ0n) is 15.5. The first-order valence-electron chi connectivity index (χ1n) is 9.53. The number of para-hydroxylation sites is 1. The smallest absolute Gasteiger partial charge is 0.306 e. The molecule has 1 aliphatic rings. The summed E-state index contributed by atoms with van der Waals surface area (Å²) in [5, 5.41) is 10.2. The first-order valence-corrected chi connectivity index (χ1v) is 9.53.